The maximum absolute atomic E-state index is 3.74. The fourth-order valence-electron chi connectivity index (χ4n) is 0. The second-order valence-electron chi connectivity index (χ2n) is 2.26. The molecule has 0 amide bonds. The van der Waals surface area contributed by atoms with Gasteiger partial charge in [-0.05, 0) is 6.26 Å². The lowest BCUT2D eigenvalue weighted by Crippen LogP contribution is -2.11. The van der Waals surface area contributed by atoms with E-state index in [1.165, 1.54) is 0 Å². The predicted molar refractivity (Wildman–Crippen MR) is 36.3 cm³/mol. The Labute approximate surface area is 45.0 Å². The molecule has 0 bridgehead atoms. The molecule has 0 aromatic carbocycles. The van der Waals surface area contributed by atoms with Gasteiger partial charge in [0.2, 0.25) is 0 Å². The van der Waals surface area contributed by atoms with Gasteiger partial charge in [-0.1, -0.05) is 19.6 Å². The molecule has 0 atom stereocenters. The summed E-state index contributed by atoms with van der Waals surface area (Å²) in [7, 11) is -0.826. The topological polar surface area (TPSA) is 0 Å². The van der Waals surface area contributed by atoms with E-state index in [1.54, 1.807) is 11.2 Å². The molecule has 0 fully saturated rings. The third-order valence-corrected chi connectivity index (χ3v) is 3.90. The van der Waals surface area contributed by atoms with Crippen LogP contribution >= 0.6 is 11.2 Å². The highest BCUT2D eigenvalue weighted by atomic mass is 32.4. The van der Waals surface area contributed by atoms with Gasteiger partial charge in [-0.15, -0.1) is 0 Å². The van der Waals surface area contributed by atoms with Crippen LogP contribution in [-0.2, 0) is 0 Å². The van der Waals surface area contributed by atoms with Crippen LogP contribution in [0.1, 0.15) is 0 Å². The van der Waals surface area contributed by atoms with E-state index < -0.39 is 7.22 Å². The monoisotopic (exact) mass is 119 g/mol. The Balaban J connectivity index is 3.17. The van der Waals surface area contributed by atoms with Crippen molar-refractivity contribution in [2.75, 3.05) is 0 Å². The molecule has 0 aliphatic heterocycles. The molecule has 2 heteroatoms. The number of rotatable bonds is 1. The maximum atomic E-state index is 3.74. The summed E-state index contributed by atoms with van der Waals surface area (Å²) in [4.78, 5) is 0. The van der Waals surface area contributed by atoms with Gasteiger partial charge in [0.1, 0.15) is 7.22 Å². The minimum atomic E-state index is -0.826. The Kier molecular flexibility index (Phi) is 2.22. The van der Waals surface area contributed by atoms with Crippen LogP contribution in [0.5, 0.6) is 0 Å². The molecule has 6 heavy (non-hydrogen) atoms. The van der Waals surface area contributed by atoms with Gasteiger partial charge in [-0.2, -0.15) is 11.2 Å². The zero-order valence-corrected chi connectivity index (χ0v) is 6.43. The minimum Gasteiger partial charge on any atom is -0.185 e. The fraction of sp³-hybridized carbons (Fsp3) is 0.750. The van der Waals surface area contributed by atoms with Gasteiger partial charge in [0.05, 0.1) is 0 Å². The molecule has 0 aromatic heterocycles. The predicted octanol–water partition coefficient (Wildman–Crippen LogP) is 2.35. The molecular weight excluding hydrogens is 108 g/mol. The molecule has 0 aromatic rings. The molecule has 0 nitrogen and oxygen atoms in total. The van der Waals surface area contributed by atoms with E-state index in [-0.39, 0.29) is 0 Å². The van der Waals surface area contributed by atoms with Crippen molar-refractivity contribution in [1.29, 1.82) is 0 Å². The van der Waals surface area contributed by atoms with E-state index in [9.17, 15) is 0 Å². The first-order valence-electron chi connectivity index (χ1n) is 1.99. The Morgan fingerprint density at radius 3 is 1.50 bits per heavy atom. The van der Waals surface area contributed by atoms with Crippen LogP contribution in [0.2, 0.25) is 19.6 Å². The smallest absolute Gasteiger partial charge is 0.108 e. The van der Waals surface area contributed by atoms with Gasteiger partial charge < -0.3 is 0 Å². The third-order valence-electron chi connectivity index (χ3n) is 0.433. The zero-order valence-electron chi connectivity index (χ0n) is 4.62. The van der Waals surface area contributed by atoms with Crippen LogP contribution in [0.25, 0.3) is 0 Å². The van der Waals surface area contributed by atoms with Crippen LogP contribution in [0.3, 0.4) is 0 Å². The molecule has 0 saturated heterocycles. The molecule has 37 valence electrons. The lowest BCUT2D eigenvalue weighted by molar-refractivity contribution is 1.88. The second-order valence-corrected chi connectivity index (χ2v) is 11.3. The van der Waals surface area contributed by atoms with Crippen molar-refractivity contribution < 1.29 is 0 Å². The van der Waals surface area contributed by atoms with E-state index in [0.717, 1.165) is 0 Å². The second kappa shape index (κ2) is 2.03. The highest BCUT2D eigenvalue weighted by Gasteiger charge is 2.08. The van der Waals surface area contributed by atoms with Crippen molar-refractivity contribution in [3.8, 4) is 0 Å². The van der Waals surface area contributed by atoms with Crippen LogP contribution in [0.15, 0.2) is 0 Å². The largest absolute Gasteiger partial charge is 0.185 e. The van der Waals surface area contributed by atoms with Gasteiger partial charge in [-0.3, -0.25) is 0 Å². The lowest BCUT2D eigenvalue weighted by Gasteiger charge is -2.08. The fourth-order valence-corrected chi connectivity index (χ4v) is 0. The van der Waals surface area contributed by atoms with Crippen molar-refractivity contribution >= 4 is 18.4 Å². The van der Waals surface area contributed by atoms with E-state index in [4.69, 9.17) is 0 Å². The summed E-state index contributed by atoms with van der Waals surface area (Å²) in [5, 5.41) is 0. The van der Waals surface area contributed by atoms with Crippen molar-refractivity contribution in [2.24, 2.45) is 0 Å². The van der Waals surface area contributed by atoms with Gasteiger partial charge >= 0.3 is 0 Å². The van der Waals surface area contributed by atoms with Gasteiger partial charge in [0, 0.05) is 0 Å². The summed E-state index contributed by atoms with van der Waals surface area (Å²) in [6.45, 7) is 6.85. The highest BCUT2D eigenvalue weighted by molar-refractivity contribution is 8.29. The van der Waals surface area contributed by atoms with Crippen LogP contribution in [0, 0.1) is 6.26 Å². The summed E-state index contributed by atoms with van der Waals surface area (Å²) in [6.07, 6.45) is 3.74. The molecule has 0 rings (SSSR count). The number of hydrogen-bond acceptors (Lipinski definition) is 1. The quantitative estimate of drug-likeness (QED) is 0.477. The lowest BCUT2D eigenvalue weighted by atomic mass is 11.8. The third kappa shape index (κ3) is 4.57. The van der Waals surface area contributed by atoms with E-state index in [2.05, 4.69) is 25.9 Å². The number of hydrogen-bond donors (Lipinski definition) is 0. The molecule has 0 unspecified atom stereocenters. The molecule has 0 spiro atoms. The zero-order chi connectivity index (χ0) is 5.21. The first-order chi connectivity index (χ1) is 2.56. The highest BCUT2D eigenvalue weighted by Crippen LogP contribution is 2.15. The van der Waals surface area contributed by atoms with E-state index in [0.29, 0.717) is 0 Å². The van der Waals surface area contributed by atoms with Crippen LogP contribution < -0.4 is 0 Å². The Morgan fingerprint density at radius 2 is 1.50 bits per heavy atom. The Bertz CT molecular complexity index is 37.3. The van der Waals surface area contributed by atoms with Crippen molar-refractivity contribution in [3.63, 3.8) is 0 Å². The average molecular weight is 119 g/mol. The summed E-state index contributed by atoms with van der Waals surface area (Å²) in [6, 6.07) is 0. The van der Waals surface area contributed by atoms with Gasteiger partial charge in [0.25, 0.3) is 0 Å². The molecule has 0 aliphatic rings. The molecule has 0 saturated carbocycles. The average Bonchev–Trinajstić information content (AvgIpc) is 1.35. The molecule has 0 heterocycles. The summed E-state index contributed by atoms with van der Waals surface area (Å²) in [5.74, 6) is 0. The summed E-state index contributed by atoms with van der Waals surface area (Å²) in [5.41, 5.74) is 0. The molecule has 0 aliphatic carbocycles. The van der Waals surface area contributed by atoms with E-state index in [1.807, 2.05) is 0 Å². The first-order valence-corrected chi connectivity index (χ1v) is 7.20. The Hall–Kier alpha value is 0.567. The Morgan fingerprint density at radius 1 is 1.33 bits per heavy atom. The standard InChI is InChI=1S/C4H11SSi/c1-5-6(2,3)4/h1H2,2-4H3. The first kappa shape index (κ1) is 6.57. The van der Waals surface area contributed by atoms with Crippen LogP contribution in [0.4, 0.5) is 0 Å². The summed E-state index contributed by atoms with van der Waals surface area (Å²) >= 11 is 1.77. The van der Waals surface area contributed by atoms with Crippen molar-refractivity contribution in [1.82, 2.24) is 0 Å². The van der Waals surface area contributed by atoms with Crippen molar-refractivity contribution in [3.05, 3.63) is 6.26 Å². The SMILES string of the molecule is [CH2]S[Si](C)(C)C. The normalized spacial score (nSPS) is 12.0. The molecular formula is C4H11SSi. The van der Waals surface area contributed by atoms with E-state index >= 15 is 0 Å². The van der Waals surface area contributed by atoms with Gasteiger partial charge in [-0.25, -0.2) is 0 Å². The minimum absolute atomic E-state index is 0.826. The molecule has 1 radical (unpaired) electrons. The van der Waals surface area contributed by atoms with Crippen LogP contribution in [-0.4, -0.2) is 7.22 Å². The van der Waals surface area contributed by atoms with Crippen molar-refractivity contribution in [2.45, 2.75) is 19.6 Å². The maximum Gasteiger partial charge on any atom is 0.108 e. The summed E-state index contributed by atoms with van der Waals surface area (Å²) < 4.78 is 0. The van der Waals surface area contributed by atoms with Gasteiger partial charge in [0.15, 0.2) is 0 Å². The molecule has 0 N–H and O–H groups in total.